The molecule has 2 heterocycles. The van der Waals surface area contributed by atoms with Gasteiger partial charge in [-0.15, -0.1) is 0 Å². The first-order chi connectivity index (χ1) is 9.67. The zero-order valence-corrected chi connectivity index (χ0v) is 13.5. The van der Waals surface area contributed by atoms with E-state index in [9.17, 15) is 18.3 Å². The monoisotopic (exact) mass is 319 g/mol. The van der Waals surface area contributed by atoms with Crippen LogP contribution in [0.1, 0.15) is 32.1 Å². The number of β-amino-alcohol motifs (C(OH)–C–C–N with tert-alkyl or cyclic N) is 1. The van der Waals surface area contributed by atoms with E-state index in [4.69, 9.17) is 5.73 Å². The average Bonchev–Trinajstić information content (AvgIpc) is 2.58. The van der Waals surface area contributed by atoms with Crippen molar-refractivity contribution in [3.63, 3.8) is 0 Å². The van der Waals surface area contributed by atoms with Crippen molar-refractivity contribution in [2.75, 3.05) is 26.4 Å². The SMILES string of the molecule is CN(C[C@H](O)CN1C2CCC[C@@]1(C(N)=O)CC2)S(C)(=O)=O. The molecule has 2 aliphatic heterocycles. The minimum atomic E-state index is -3.32. The summed E-state index contributed by atoms with van der Waals surface area (Å²) in [5, 5.41) is 10.2. The summed E-state index contributed by atoms with van der Waals surface area (Å²) in [6.07, 6.45) is 4.64. The first-order valence-electron chi connectivity index (χ1n) is 7.33. The number of piperidine rings is 1. The van der Waals surface area contributed by atoms with Gasteiger partial charge in [0.1, 0.15) is 5.54 Å². The van der Waals surface area contributed by atoms with Crippen LogP contribution in [-0.4, -0.2) is 72.7 Å². The topological polar surface area (TPSA) is 104 Å². The zero-order valence-electron chi connectivity index (χ0n) is 12.7. The molecule has 2 saturated heterocycles. The summed E-state index contributed by atoms with van der Waals surface area (Å²) >= 11 is 0. The van der Waals surface area contributed by atoms with Gasteiger partial charge in [-0.1, -0.05) is 0 Å². The van der Waals surface area contributed by atoms with Crippen molar-refractivity contribution in [1.29, 1.82) is 0 Å². The molecule has 2 rings (SSSR count). The van der Waals surface area contributed by atoms with Crippen LogP contribution in [0.25, 0.3) is 0 Å². The number of carbonyl (C=O) groups is 1. The van der Waals surface area contributed by atoms with E-state index >= 15 is 0 Å². The van der Waals surface area contributed by atoms with E-state index in [1.807, 2.05) is 4.90 Å². The van der Waals surface area contributed by atoms with E-state index in [0.717, 1.165) is 42.7 Å². The number of primary amides is 1. The van der Waals surface area contributed by atoms with Crippen LogP contribution in [0.5, 0.6) is 0 Å². The molecule has 0 spiro atoms. The third kappa shape index (κ3) is 3.23. The molecule has 3 atom stereocenters. The van der Waals surface area contributed by atoms with Gasteiger partial charge < -0.3 is 10.8 Å². The molecule has 8 heteroatoms. The number of aliphatic hydroxyl groups is 1. The molecule has 1 unspecified atom stereocenters. The van der Waals surface area contributed by atoms with Crippen LogP contribution in [0.3, 0.4) is 0 Å². The van der Waals surface area contributed by atoms with Crippen molar-refractivity contribution >= 4 is 15.9 Å². The molecule has 2 aliphatic rings. The number of amides is 1. The Morgan fingerprint density at radius 3 is 2.71 bits per heavy atom. The molecule has 21 heavy (non-hydrogen) atoms. The summed E-state index contributed by atoms with van der Waals surface area (Å²) in [6.45, 7) is 0.310. The molecule has 0 aromatic carbocycles. The Labute approximate surface area is 126 Å². The Bertz CT molecular complexity index is 506. The number of nitrogens with two attached hydrogens (primary N) is 1. The lowest BCUT2D eigenvalue weighted by Crippen LogP contribution is -2.60. The van der Waals surface area contributed by atoms with Crippen molar-refractivity contribution in [1.82, 2.24) is 9.21 Å². The quantitative estimate of drug-likeness (QED) is 0.661. The van der Waals surface area contributed by atoms with Gasteiger partial charge in [0, 0.05) is 26.2 Å². The molecule has 0 radical (unpaired) electrons. The second kappa shape index (κ2) is 5.83. The van der Waals surface area contributed by atoms with E-state index < -0.39 is 21.7 Å². The summed E-state index contributed by atoms with van der Waals surface area (Å²) in [4.78, 5) is 13.9. The van der Waals surface area contributed by atoms with Gasteiger partial charge in [0.2, 0.25) is 15.9 Å². The van der Waals surface area contributed by atoms with Gasteiger partial charge in [-0.2, -0.15) is 0 Å². The van der Waals surface area contributed by atoms with E-state index in [1.54, 1.807) is 0 Å². The van der Waals surface area contributed by atoms with Crippen molar-refractivity contribution in [3.05, 3.63) is 0 Å². The Morgan fingerprint density at radius 2 is 2.14 bits per heavy atom. The molecule has 0 saturated carbocycles. The Morgan fingerprint density at radius 1 is 1.48 bits per heavy atom. The fraction of sp³-hybridized carbons (Fsp3) is 0.923. The highest BCUT2D eigenvalue weighted by Crippen LogP contribution is 2.43. The molecular formula is C13H25N3O4S. The molecule has 2 fully saturated rings. The molecule has 0 aromatic rings. The Balaban J connectivity index is 2.06. The van der Waals surface area contributed by atoms with Gasteiger partial charge in [-0.3, -0.25) is 9.69 Å². The normalized spacial score (nSPS) is 31.5. The van der Waals surface area contributed by atoms with Crippen LogP contribution in [0.2, 0.25) is 0 Å². The van der Waals surface area contributed by atoms with Crippen molar-refractivity contribution in [3.8, 4) is 0 Å². The lowest BCUT2D eigenvalue weighted by molar-refractivity contribution is -0.132. The molecule has 7 nitrogen and oxygen atoms in total. The van der Waals surface area contributed by atoms with Crippen LogP contribution in [0.4, 0.5) is 0 Å². The highest BCUT2D eigenvalue weighted by Gasteiger charge is 2.52. The number of likely N-dealkylation sites (N-methyl/N-ethyl adjacent to an activating group) is 1. The highest BCUT2D eigenvalue weighted by atomic mass is 32.2. The van der Waals surface area contributed by atoms with Crippen LogP contribution in [0, 0.1) is 0 Å². The third-order valence-corrected chi connectivity index (χ3v) is 6.19. The molecular weight excluding hydrogens is 294 g/mol. The summed E-state index contributed by atoms with van der Waals surface area (Å²) in [5.74, 6) is -0.326. The maximum Gasteiger partial charge on any atom is 0.237 e. The molecule has 1 amide bonds. The molecule has 2 bridgehead atoms. The predicted molar refractivity (Wildman–Crippen MR) is 79.0 cm³/mol. The maximum absolute atomic E-state index is 11.9. The van der Waals surface area contributed by atoms with Crippen molar-refractivity contribution in [2.24, 2.45) is 5.73 Å². The fourth-order valence-electron chi connectivity index (χ4n) is 3.68. The van der Waals surface area contributed by atoms with Crippen molar-refractivity contribution < 1.29 is 18.3 Å². The fourth-order valence-corrected chi connectivity index (χ4v) is 4.12. The summed E-state index contributed by atoms with van der Waals surface area (Å²) in [6, 6.07) is 0.268. The van der Waals surface area contributed by atoms with Gasteiger partial charge >= 0.3 is 0 Å². The van der Waals surface area contributed by atoms with E-state index in [1.165, 1.54) is 7.05 Å². The number of hydrogen-bond donors (Lipinski definition) is 2. The second-order valence-corrected chi connectivity index (χ2v) is 8.42. The lowest BCUT2D eigenvalue weighted by atomic mass is 9.87. The minimum absolute atomic E-state index is 0.0247. The number of hydrogen-bond acceptors (Lipinski definition) is 5. The first-order valence-corrected chi connectivity index (χ1v) is 9.18. The lowest BCUT2D eigenvalue weighted by Gasteiger charge is -2.43. The van der Waals surface area contributed by atoms with E-state index in [2.05, 4.69) is 0 Å². The number of nitrogens with zero attached hydrogens (tertiary/aromatic N) is 2. The number of carbonyl (C=O) groups excluding carboxylic acids is 1. The number of aliphatic hydroxyl groups excluding tert-OH is 1. The average molecular weight is 319 g/mol. The van der Waals surface area contributed by atoms with Crippen LogP contribution in [0.15, 0.2) is 0 Å². The van der Waals surface area contributed by atoms with Gasteiger partial charge in [-0.05, 0) is 32.1 Å². The van der Waals surface area contributed by atoms with Gasteiger partial charge in [0.15, 0.2) is 0 Å². The third-order valence-electron chi connectivity index (χ3n) is 4.91. The smallest absolute Gasteiger partial charge is 0.237 e. The first kappa shape index (κ1) is 16.7. The van der Waals surface area contributed by atoms with Crippen molar-refractivity contribution in [2.45, 2.75) is 49.8 Å². The minimum Gasteiger partial charge on any atom is -0.390 e. The molecule has 0 aromatic heterocycles. The van der Waals surface area contributed by atoms with Gasteiger partial charge in [-0.25, -0.2) is 12.7 Å². The summed E-state index contributed by atoms with van der Waals surface area (Å²) in [5.41, 5.74) is 4.96. The maximum atomic E-state index is 11.9. The zero-order chi connectivity index (χ0) is 15.8. The van der Waals surface area contributed by atoms with E-state index in [-0.39, 0.29) is 25.0 Å². The number of fused-ring (bicyclic) bond motifs is 2. The van der Waals surface area contributed by atoms with Crippen LogP contribution >= 0.6 is 0 Å². The molecule has 122 valence electrons. The molecule has 3 N–H and O–H groups in total. The Kier molecular flexibility index (Phi) is 4.63. The highest BCUT2D eigenvalue weighted by molar-refractivity contribution is 7.88. The predicted octanol–water partition coefficient (Wildman–Crippen LogP) is -0.889. The summed E-state index contributed by atoms with van der Waals surface area (Å²) < 4.78 is 23.9. The number of rotatable bonds is 6. The van der Waals surface area contributed by atoms with Crippen LogP contribution in [-0.2, 0) is 14.8 Å². The number of sulfonamides is 1. The molecule has 0 aliphatic carbocycles. The van der Waals surface area contributed by atoms with E-state index in [0.29, 0.717) is 0 Å². The standard InChI is InChI=1S/C13H25N3O4S/c1-15(21(2,19)20)8-11(17)9-16-10-4-3-6-13(16,7-5-10)12(14)18/h10-11,17H,3-9H2,1-2H3,(H2,14,18)/t10?,11-,13-/m0/s1. The van der Waals surface area contributed by atoms with Gasteiger partial charge in [0.05, 0.1) is 12.4 Å². The summed E-state index contributed by atoms with van der Waals surface area (Å²) in [7, 11) is -1.88. The Hall–Kier alpha value is -0.700. The second-order valence-electron chi connectivity index (χ2n) is 6.33. The largest absolute Gasteiger partial charge is 0.390 e. The van der Waals surface area contributed by atoms with Gasteiger partial charge in [0.25, 0.3) is 0 Å². The van der Waals surface area contributed by atoms with Crippen LogP contribution < -0.4 is 5.73 Å².